The second-order valence-corrected chi connectivity index (χ2v) is 5.99. The van der Waals surface area contributed by atoms with E-state index < -0.39 is 12.0 Å². The third kappa shape index (κ3) is 2.30. The lowest BCUT2D eigenvalue weighted by molar-refractivity contribution is -0.139. The smallest absolute Gasteiger partial charge is 0.327 e. The molecule has 0 bridgehead atoms. The van der Waals surface area contributed by atoms with E-state index in [2.05, 4.69) is 42.5 Å². The first-order chi connectivity index (χ1) is 11.1. The van der Waals surface area contributed by atoms with Crippen LogP contribution in [0.25, 0.3) is 29.0 Å². The summed E-state index contributed by atoms with van der Waals surface area (Å²) in [5, 5.41) is 4.88. The van der Waals surface area contributed by atoms with Gasteiger partial charge in [0.1, 0.15) is 11.8 Å². The van der Waals surface area contributed by atoms with E-state index in [0.29, 0.717) is 5.76 Å². The predicted molar refractivity (Wildman–Crippen MR) is 92.7 cm³/mol. The van der Waals surface area contributed by atoms with Crippen molar-refractivity contribution in [2.24, 2.45) is 5.73 Å². The van der Waals surface area contributed by atoms with Crippen LogP contribution in [0.4, 0.5) is 0 Å². The number of esters is 1. The second kappa shape index (κ2) is 5.21. The topological polar surface area (TPSA) is 52.3 Å². The molecule has 0 saturated heterocycles. The average Bonchev–Trinajstić information content (AvgIpc) is 3.03. The van der Waals surface area contributed by atoms with E-state index in [1.54, 1.807) is 6.92 Å². The summed E-state index contributed by atoms with van der Waals surface area (Å²) in [5.74, 6) is 0.170. The van der Waals surface area contributed by atoms with Crippen LogP contribution in [0.5, 0.6) is 0 Å². The fourth-order valence-electron chi connectivity index (χ4n) is 3.16. The van der Waals surface area contributed by atoms with Gasteiger partial charge >= 0.3 is 5.97 Å². The van der Waals surface area contributed by atoms with Crippen LogP contribution in [0.1, 0.15) is 18.1 Å². The van der Waals surface area contributed by atoms with Gasteiger partial charge in [0, 0.05) is 0 Å². The van der Waals surface area contributed by atoms with Gasteiger partial charge in [-0.15, -0.1) is 0 Å². The maximum Gasteiger partial charge on any atom is 0.327 e. The molecular weight excluding hydrogens is 286 g/mol. The van der Waals surface area contributed by atoms with Gasteiger partial charge in [-0.1, -0.05) is 42.5 Å². The fraction of sp³-hybridized carbons (Fsp3) is 0.150. The molecule has 2 N–H and O–H groups in total. The van der Waals surface area contributed by atoms with Gasteiger partial charge in [0.2, 0.25) is 0 Å². The van der Waals surface area contributed by atoms with Crippen LogP contribution >= 0.6 is 0 Å². The maximum absolute atomic E-state index is 11.6. The average molecular weight is 303 g/mol. The van der Waals surface area contributed by atoms with Crippen molar-refractivity contribution in [2.45, 2.75) is 19.4 Å². The molecule has 0 saturated carbocycles. The molecule has 4 rings (SSSR count). The van der Waals surface area contributed by atoms with Crippen LogP contribution < -0.4 is 16.2 Å². The number of rotatable bonds is 2. The molecule has 1 atom stereocenters. The third-order valence-electron chi connectivity index (χ3n) is 4.36. The van der Waals surface area contributed by atoms with Gasteiger partial charge in [0.15, 0.2) is 0 Å². The number of carbonyl (C=O) groups is 1. The lowest BCUT2D eigenvalue weighted by atomic mass is 9.94. The number of benzene rings is 2. The molecule has 0 fully saturated rings. The van der Waals surface area contributed by atoms with Crippen LogP contribution in [-0.4, -0.2) is 12.0 Å². The maximum atomic E-state index is 11.6. The fourth-order valence-corrected chi connectivity index (χ4v) is 3.16. The number of fused-ring (bicyclic) bond motifs is 5. The van der Waals surface area contributed by atoms with Crippen molar-refractivity contribution in [1.82, 2.24) is 0 Å². The van der Waals surface area contributed by atoms with Crippen molar-refractivity contribution in [2.75, 3.05) is 0 Å². The van der Waals surface area contributed by atoms with Crippen molar-refractivity contribution in [3.05, 3.63) is 63.7 Å². The lowest BCUT2D eigenvalue weighted by Crippen LogP contribution is -2.29. The van der Waals surface area contributed by atoms with Gasteiger partial charge < -0.3 is 10.5 Å². The monoisotopic (exact) mass is 303 g/mol. The molecule has 2 aliphatic rings. The summed E-state index contributed by atoms with van der Waals surface area (Å²) in [6.07, 6.45) is 11.0. The van der Waals surface area contributed by atoms with Gasteiger partial charge in [-0.3, -0.25) is 0 Å². The number of hydrogen-bond donors (Lipinski definition) is 1. The van der Waals surface area contributed by atoms with E-state index in [1.807, 2.05) is 12.2 Å². The van der Waals surface area contributed by atoms with Gasteiger partial charge in [0.05, 0.1) is 0 Å². The van der Waals surface area contributed by atoms with Crippen LogP contribution in [0.2, 0.25) is 0 Å². The largest absolute Gasteiger partial charge is 0.426 e. The molecule has 0 amide bonds. The summed E-state index contributed by atoms with van der Waals surface area (Å²) in [5.41, 5.74) is 8.10. The SMILES string of the molecule is CC(N)C(=O)OC1=CCc2c(ccc3c4c(ccc23)=CC=C4)=C1. The van der Waals surface area contributed by atoms with E-state index in [4.69, 9.17) is 10.5 Å². The molecule has 2 aliphatic carbocycles. The summed E-state index contributed by atoms with van der Waals surface area (Å²) >= 11 is 0. The Labute approximate surface area is 134 Å². The molecule has 0 spiro atoms. The van der Waals surface area contributed by atoms with Gasteiger partial charge in [-0.25, -0.2) is 4.79 Å². The minimum atomic E-state index is -0.618. The molecule has 0 aliphatic heterocycles. The molecule has 3 nitrogen and oxygen atoms in total. The van der Waals surface area contributed by atoms with E-state index >= 15 is 0 Å². The summed E-state index contributed by atoms with van der Waals surface area (Å²) in [6.45, 7) is 1.62. The number of nitrogens with two attached hydrogens (primary N) is 1. The van der Waals surface area contributed by atoms with Gasteiger partial charge in [0.25, 0.3) is 0 Å². The zero-order chi connectivity index (χ0) is 16.0. The quantitative estimate of drug-likeness (QED) is 0.860. The van der Waals surface area contributed by atoms with Crippen LogP contribution in [0.15, 0.2) is 42.2 Å². The highest BCUT2D eigenvalue weighted by atomic mass is 16.5. The Bertz CT molecular complexity index is 1010. The standard InChI is InChI=1S/C20H17NO2/c1-12(21)20(22)23-15-7-10-17-14(11-15)6-9-18-16-4-2-3-13(16)5-8-19(17)18/h2-9,11-12H,10,21H2,1H3. The molecule has 23 heavy (non-hydrogen) atoms. The first-order valence-electron chi connectivity index (χ1n) is 7.75. The third-order valence-corrected chi connectivity index (χ3v) is 4.36. The Kier molecular flexibility index (Phi) is 3.17. The Morgan fingerprint density at radius 1 is 1.17 bits per heavy atom. The Morgan fingerprint density at radius 2 is 1.96 bits per heavy atom. The molecule has 2 aromatic carbocycles. The number of allylic oxidation sites excluding steroid dienone is 3. The summed E-state index contributed by atoms with van der Waals surface area (Å²) in [4.78, 5) is 11.6. The van der Waals surface area contributed by atoms with Crippen LogP contribution in [0, 0.1) is 0 Å². The van der Waals surface area contributed by atoms with E-state index in [0.717, 1.165) is 11.6 Å². The highest BCUT2D eigenvalue weighted by Gasteiger charge is 2.15. The van der Waals surface area contributed by atoms with Crippen LogP contribution in [-0.2, 0) is 16.0 Å². The van der Waals surface area contributed by atoms with Crippen molar-refractivity contribution in [3.8, 4) is 0 Å². The van der Waals surface area contributed by atoms with E-state index in [1.165, 1.54) is 27.1 Å². The van der Waals surface area contributed by atoms with E-state index in [9.17, 15) is 4.79 Å². The normalized spacial score (nSPS) is 16.0. The lowest BCUT2D eigenvalue weighted by Gasteiger charge is -2.14. The first-order valence-corrected chi connectivity index (χ1v) is 7.75. The number of carbonyl (C=O) groups excluding carboxylic acids is 1. The van der Waals surface area contributed by atoms with Crippen molar-refractivity contribution >= 4 is 35.0 Å². The second-order valence-electron chi connectivity index (χ2n) is 5.99. The minimum Gasteiger partial charge on any atom is -0.426 e. The molecule has 1 unspecified atom stereocenters. The van der Waals surface area contributed by atoms with Crippen molar-refractivity contribution < 1.29 is 9.53 Å². The molecule has 0 aromatic heterocycles. The first kappa shape index (κ1) is 14.0. The van der Waals surface area contributed by atoms with Crippen LogP contribution in [0.3, 0.4) is 0 Å². The molecule has 2 aromatic rings. The van der Waals surface area contributed by atoms with E-state index in [-0.39, 0.29) is 0 Å². The molecule has 0 radical (unpaired) electrons. The molecule has 0 heterocycles. The Balaban J connectivity index is 1.81. The predicted octanol–water partition coefficient (Wildman–Crippen LogP) is 1.76. The summed E-state index contributed by atoms with van der Waals surface area (Å²) in [6, 6.07) is 7.96. The minimum absolute atomic E-state index is 0.407. The molecule has 3 heteroatoms. The summed E-state index contributed by atoms with van der Waals surface area (Å²) < 4.78 is 5.32. The highest BCUT2D eigenvalue weighted by Crippen LogP contribution is 2.23. The van der Waals surface area contributed by atoms with Gasteiger partial charge in [-0.05, 0) is 57.8 Å². The zero-order valence-corrected chi connectivity index (χ0v) is 12.9. The van der Waals surface area contributed by atoms with Crippen molar-refractivity contribution in [1.29, 1.82) is 0 Å². The zero-order valence-electron chi connectivity index (χ0n) is 12.9. The molecule has 114 valence electrons. The Hall–Kier alpha value is -2.65. The highest BCUT2D eigenvalue weighted by molar-refractivity contribution is 5.96. The number of ether oxygens (including phenoxy) is 1. The molecular formula is C20H17NO2. The van der Waals surface area contributed by atoms with Gasteiger partial charge in [-0.2, -0.15) is 0 Å². The Morgan fingerprint density at radius 3 is 2.78 bits per heavy atom. The summed E-state index contributed by atoms with van der Waals surface area (Å²) in [7, 11) is 0. The van der Waals surface area contributed by atoms with Crippen molar-refractivity contribution in [3.63, 3.8) is 0 Å². The number of hydrogen-bond acceptors (Lipinski definition) is 3.